The highest BCUT2D eigenvalue weighted by Crippen LogP contribution is 2.23. The number of hydrogen-bond donors (Lipinski definition) is 0. The molecule has 0 aliphatic heterocycles. The molecule has 0 bridgehead atoms. The summed E-state index contributed by atoms with van der Waals surface area (Å²) in [4.78, 5) is 24.0. The summed E-state index contributed by atoms with van der Waals surface area (Å²) in [6.07, 6.45) is 3.04. The number of hydrogen-bond acceptors (Lipinski definition) is 5. The van der Waals surface area contributed by atoms with Gasteiger partial charge in [0.1, 0.15) is 17.1 Å². The van der Waals surface area contributed by atoms with Crippen LogP contribution < -0.4 is 15.1 Å². The van der Waals surface area contributed by atoms with Crippen LogP contribution in [-0.2, 0) is 0 Å². The molecule has 3 aromatic rings. The van der Waals surface area contributed by atoms with Gasteiger partial charge >= 0.3 is 5.63 Å². The summed E-state index contributed by atoms with van der Waals surface area (Å²) in [5, 5.41) is 0.721. The first-order valence-electron chi connectivity index (χ1n) is 7.59. The molecule has 5 heteroatoms. The summed E-state index contributed by atoms with van der Waals surface area (Å²) in [6, 6.07) is 13.4. The molecule has 0 aliphatic rings. The van der Waals surface area contributed by atoms with Gasteiger partial charge in [-0.15, -0.1) is 0 Å². The molecule has 25 heavy (non-hydrogen) atoms. The van der Waals surface area contributed by atoms with Crippen LogP contribution in [0.5, 0.6) is 11.5 Å². The zero-order chi connectivity index (χ0) is 17.8. The Morgan fingerprint density at radius 3 is 2.32 bits per heavy atom. The summed E-state index contributed by atoms with van der Waals surface area (Å²) in [6.45, 7) is 0. The van der Waals surface area contributed by atoms with Gasteiger partial charge in [-0.2, -0.15) is 0 Å². The Morgan fingerprint density at radius 2 is 1.64 bits per heavy atom. The van der Waals surface area contributed by atoms with Crippen LogP contribution >= 0.6 is 0 Å². The van der Waals surface area contributed by atoms with Crippen molar-refractivity contribution >= 4 is 22.8 Å². The topological polar surface area (TPSA) is 65.7 Å². The van der Waals surface area contributed by atoms with Crippen LogP contribution in [0.4, 0.5) is 0 Å². The van der Waals surface area contributed by atoms with E-state index < -0.39 is 5.63 Å². The van der Waals surface area contributed by atoms with Gasteiger partial charge in [0.15, 0.2) is 5.78 Å². The molecule has 0 atom stereocenters. The predicted molar refractivity (Wildman–Crippen MR) is 95.4 cm³/mol. The molecule has 0 aliphatic carbocycles. The maximum absolute atomic E-state index is 12.3. The molecule has 0 amide bonds. The minimum Gasteiger partial charge on any atom is -0.497 e. The van der Waals surface area contributed by atoms with E-state index in [2.05, 4.69) is 0 Å². The highest BCUT2D eigenvalue weighted by molar-refractivity contribution is 6.07. The summed E-state index contributed by atoms with van der Waals surface area (Å²) < 4.78 is 15.4. The second kappa shape index (κ2) is 7.05. The van der Waals surface area contributed by atoms with Crippen LogP contribution in [0.15, 0.2) is 63.8 Å². The number of carbonyl (C=O) groups is 1. The molecular weight excluding hydrogens is 320 g/mol. The van der Waals surface area contributed by atoms with Crippen LogP contribution in [0.2, 0.25) is 0 Å². The van der Waals surface area contributed by atoms with Crippen molar-refractivity contribution in [2.24, 2.45) is 0 Å². The number of carbonyl (C=O) groups excluding carboxylic acids is 1. The third-order valence-electron chi connectivity index (χ3n) is 3.77. The van der Waals surface area contributed by atoms with Crippen LogP contribution in [0.25, 0.3) is 17.0 Å². The van der Waals surface area contributed by atoms with E-state index in [1.807, 2.05) is 0 Å². The minimum atomic E-state index is -0.489. The Morgan fingerprint density at radius 1 is 0.960 bits per heavy atom. The largest absolute Gasteiger partial charge is 0.497 e. The van der Waals surface area contributed by atoms with E-state index >= 15 is 0 Å². The molecule has 2 aromatic carbocycles. The molecule has 3 rings (SSSR count). The van der Waals surface area contributed by atoms with Crippen molar-refractivity contribution < 1.29 is 18.7 Å². The summed E-state index contributed by atoms with van der Waals surface area (Å²) in [5.41, 5.74) is 1.06. The van der Waals surface area contributed by atoms with E-state index in [-0.39, 0.29) is 5.78 Å². The van der Waals surface area contributed by atoms with Crippen molar-refractivity contribution in [1.29, 1.82) is 0 Å². The maximum Gasteiger partial charge on any atom is 0.336 e. The number of rotatable bonds is 5. The fraction of sp³-hybridized carbons (Fsp3) is 0.100. The van der Waals surface area contributed by atoms with E-state index in [1.54, 1.807) is 55.7 Å². The second-order valence-electron chi connectivity index (χ2n) is 5.31. The van der Waals surface area contributed by atoms with E-state index in [4.69, 9.17) is 13.9 Å². The fourth-order valence-electron chi connectivity index (χ4n) is 2.45. The fourth-order valence-corrected chi connectivity index (χ4v) is 2.45. The molecule has 0 fully saturated rings. The van der Waals surface area contributed by atoms with E-state index in [9.17, 15) is 9.59 Å². The van der Waals surface area contributed by atoms with Crippen LogP contribution in [0, 0.1) is 0 Å². The van der Waals surface area contributed by atoms with Crippen molar-refractivity contribution in [2.75, 3.05) is 14.2 Å². The van der Waals surface area contributed by atoms with E-state index in [0.717, 1.165) is 5.39 Å². The lowest BCUT2D eigenvalue weighted by Crippen LogP contribution is -1.99. The lowest BCUT2D eigenvalue weighted by atomic mass is 10.1. The Labute approximate surface area is 144 Å². The highest BCUT2D eigenvalue weighted by atomic mass is 16.5. The Bertz CT molecular complexity index is 997. The van der Waals surface area contributed by atoms with Crippen molar-refractivity contribution in [3.63, 3.8) is 0 Å². The third-order valence-corrected chi connectivity index (χ3v) is 3.77. The molecule has 1 heterocycles. The van der Waals surface area contributed by atoms with Crippen LogP contribution in [0.3, 0.4) is 0 Å². The van der Waals surface area contributed by atoms with Crippen LogP contribution in [0.1, 0.15) is 15.9 Å². The first-order chi connectivity index (χ1) is 12.1. The monoisotopic (exact) mass is 336 g/mol. The summed E-state index contributed by atoms with van der Waals surface area (Å²) in [5.74, 6) is 1.10. The van der Waals surface area contributed by atoms with Crippen molar-refractivity contribution in [3.05, 3.63) is 76.2 Å². The Kier molecular flexibility index (Phi) is 4.66. The number of ether oxygens (including phenoxy) is 2. The zero-order valence-corrected chi connectivity index (χ0v) is 13.8. The number of ketones is 1. The molecule has 5 nitrogen and oxygen atoms in total. The van der Waals surface area contributed by atoms with Crippen LogP contribution in [-0.4, -0.2) is 20.0 Å². The maximum atomic E-state index is 12.3. The Hall–Kier alpha value is -3.34. The van der Waals surface area contributed by atoms with Gasteiger partial charge in [-0.1, -0.05) is 6.08 Å². The lowest BCUT2D eigenvalue weighted by molar-refractivity contribution is 0.104. The van der Waals surface area contributed by atoms with E-state index in [0.29, 0.717) is 28.2 Å². The first kappa shape index (κ1) is 16.5. The number of fused-ring (bicyclic) bond motifs is 1. The highest BCUT2D eigenvalue weighted by Gasteiger charge is 2.07. The predicted octanol–water partition coefficient (Wildman–Crippen LogP) is 3.71. The molecule has 0 saturated heterocycles. The second-order valence-corrected chi connectivity index (χ2v) is 5.31. The van der Waals surface area contributed by atoms with Crippen molar-refractivity contribution in [3.8, 4) is 11.5 Å². The SMILES string of the molecule is COc1ccc(C(=O)/C=C/c2cc(=O)oc3cc(OC)ccc23)cc1. The first-order valence-corrected chi connectivity index (χ1v) is 7.59. The molecule has 0 spiro atoms. The summed E-state index contributed by atoms with van der Waals surface area (Å²) >= 11 is 0. The van der Waals surface area contributed by atoms with Gasteiger partial charge in [0.25, 0.3) is 0 Å². The molecule has 0 radical (unpaired) electrons. The molecule has 0 saturated carbocycles. The molecule has 126 valence electrons. The quantitative estimate of drug-likeness (QED) is 0.404. The van der Waals surface area contributed by atoms with Crippen molar-refractivity contribution in [2.45, 2.75) is 0 Å². The van der Waals surface area contributed by atoms with Gasteiger partial charge in [-0.05, 0) is 48.0 Å². The van der Waals surface area contributed by atoms with Gasteiger partial charge < -0.3 is 13.9 Å². The average molecular weight is 336 g/mol. The third kappa shape index (κ3) is 3.61. The molecule has 0 unspecified atom stereocenters. The zero-order valence-electron chi connectivity index (χ0n) is 13.8. The minimum absolute atomic E-state index is 0.169. The van der Waals surface area contributed by atoms with Gasteiger partial charge in [0, 0.05) is 23.1 Å². The standard InChI is InChI=1S/C20H16O5/c1-23-15-6-3-13(4-7-15)18(21)10-5-14-11-20(22)25-19-12-16(24-2)8-9-17(14)19/h3-12H,1-2H3/b10-5+. The molecule has 0 N–H and O–H groups in total. The number of methoxy groups -OCH3 is 2. The normalized spacial score (nSPS) is 11.0. The average Bonchev–Trinajstić information content (AvgIpc) is 2.65. The van der Waals surface area contributed by atoms with E-state index in [1.165, 1.54) is 19.3 Å². The Balaban J connectivity index is 1.94. The van der Waals surface area contributed by atoms with Crippen molar-refractivity contribution in [1.82, 2.24) is 0 Å². The van der Waals surface area contributed by atoms with Gasteiger partial charge in [0.05, 0.1) is 14.2 Å². The number of allylic oxidation sites excluding steroid dienone is 1. The molecule has 1 aromatic heterocycles. The lowest BCUT2D eigenvalue weighted by Gasteiger charge is -2.04. The van der Waals surface area contributed by atoms with Gasteiger partial charge in [0.2, 0.25) is 0 Å². The molecular formula is C20H16O5. The summed E-state index contributed by atoms with van der Waals surface area (Å²) in [7, 11) is 3.11. The van der Waals surface area contributed by atoms with Gasteiger partial charge in [-0.3, -0.25) is 4.79 Å². The smallest absolute Gasteiger partial charge is 0.336 e. The number of benzene rings is 2. The van der Waals surface area contributed by atoms with Gasteiger partial charge in [-0.25, -0.2) is 4.79 Å².